The fourth-order valence-electron chi connectivity index (χ4n) is 4.82. The van der Waals surface area contributed by atoms with Crippen molar-refractivity contribution in [3.8, 4) is 0 Å². The van der Waals surface area contributed by atoms with Crippen molar-refractivity contribution in [2.24, 2.45) is 4.99 Å². The van der Waals surface area contributed by atoms with Gasteiger partial charge in [-0.25, -0.2) is 9.97 Å². The molecule has 0 amide bonds. The molecule has 2 bridgehead atoms. The minimum absolute atomic E-state index is 0.543. The van der Waals surface area contributed by atoms with E-state index in [1.165, 1.54) is 12.0 Å². The van der Waals surface area contributed by atoms with Gasteiger partial charge in [-0.15, -0.1) is 0 Å². The number of fused-ring (bicyclic) bond motifs is 2. The number of H-pyrrole nitrogens is 1. The third-order valence-corrected chi connectivity index (χ3v) is 6.94. The van der Waals surface area contributed by atoms with E-state index in [4.69, 9.17) is 21.6 Å². The smallest absolute Gasteiger partial charge is 0.148 e. The fraction of sp³-hybridized carbons (Fsp3) is 0.385. The fourth-order valence-corrected chi connectivity index (χ4v) is 4.93. The van der Waals surface area contributed by atoms with Gasteiger partial charge in [-0.3, -0.25) is 15.0 Å². The summed E-state index contributed by atoms with van der Waals surface area (Å²) in [5.74, 6) is 1.88. The standard InChI is InChI=1S/C26H31ClN8/c1-17(8-9-28-25-10-18(2)32-33-25)31-19(3)21-5-7-26(30-13-21)34-15-22-11-23(16-34)35(22)14-20-4-6-24(27)29-12-20/h4-8,10,12-13,22-23H,9,11,14-16H2,1-3H3,(H2,28,32,33)/b17-8-,31-19?. The molecule has 0 radical (unpaired) electrons. The van der Waals surface area contributed by atoms with Crippen LogP contribution in [0, 0.1) is 6.92 Å². The zero-order chi connectivity index (χ0) is 24.4. The van der Waals surface area contributed by atoms with E-state index in [9.17, 15) is 0 Å². The molecule has 0 aliphatic carbocycles. The Kier molecular flexibility index (Phi) is 6.83. The first-order valence-corrected chi connectivity index (χ1v) is 12.4. The van der Waals surface area contributed by atoms with Gasteiger partial charge in [0.15, 0.2) is 0 Å². The number of hydrogen-bond donors (Lipinski definition) is 2. The van der Waals surface area contributed by atoms with Crippen LogP contribution < -0.4 is 10.2 Å². The maximum absolute atomic E-state index is 5.92. The summed E-state index contributed by atoms with van der Waals surface area (Å²) in [5.41, 5.74) is 5.20. The summed E-state index contributed by atoms with van der Waals surface area (Å²) in [5, 5.41) is 10.9. The van der Waals surface area contributed by atoms with Crippen molar-refractivity contribution in [1.82, 2.24) is 25.1 Å². The van der Waals surface area contributed by atoms with Crippen LogP contribution in [0.5, 0.6) is 0 Å². The second-order valence-corrected chi connectivity index (χ2v) is 9.76. The van der Waals surface area contributed by atoms with E-state index in [-0.39, 0.29) is 0 Å². The molecule has 3 fully saturated rings. The average Bonchev–Trinajstić information content (AvgIpc) is 3.28. The van der Waals surface area contributed by atoms with E-state index in [1.54, 1.807) is 0 Å². The second kappa shape index (κ2) is 10.2. The molecule has 0 saturated carbocycles. The SMILES string of the molecule is CC(=N/C(C)=C\CNc1cc(C)[nH]n1)c1ccc(N2CC3CC(C2)N3Cc2ccc(Cl)nc2)nc1. The van der Waals surface area contributed by atoms with Crippen molar-refractivity contribution in [2.75, 3.05) is 29.9 Å². The van der Waals surface area contributed by atoms with Crippen molar-refractivity contribution < 1.29 is 0 Å². The number of halogens is 1. The third-order valence-electron chi connectivity index (χ3n) is 6.72. The lowest BCUT2D eigenvalue weighted by atomic mass is 9.87. The van der Waals surface area contributed by atoms with Crippen molar-refractivity contribution in [3.05, 3.63) is 76.5 Å². The molecule has 2 unspecified atom stereocenters. The van der Waals surface area contributed by atoms with Crippen LogP contribution in [0.15, 0.2) is 59.5 Å². The molecule has 6 heterocycles. The summed E-state index contributed by atoms with van der Waals surface area (Å²) in [6.45, 7) is 9.62. The molecular weight excluding hydrogens is 460 g/mol. The number of aromatic nitrogens is 4. The Bertz CT molecular complexity index is 1200. The van der Waals surface area contributed by atoms with Crippen LogP contribution in [0.2, 0.25) is 5.15 Å². The molecule has 3 aliphatic heterocycles. The van der Waals surface area contributed by atoms with Crippen LogP contribution in [-0.4, -0.2) is 62.5 Å². The van der Waals surface area contributed by atoms with Gasteiger partial charge in [0.25, 0.3) is 0 Å². The molecule has 3 saturated heterocycles. The molecule has 9 heteroatoms. The monoisotopic (exact) mass is 490 g/mol. The molecular formula is C26H31ClN8. The van der Waals surface area contributed by atoms with E-state index in [0.717, 1.165) is 53.9 Å². The molecule has 0 spiro atoms. The first kappa shape index (κ1) is 23.5. The van der Waals surface area contributed by atoms with Gasteiger partial charge in [-0.05, 0) is 57.0 Å². The molecule has 0 aromatic carbocycles. The number of rotatable bonds is 8. The number of piperazine rings is 1. The Labute approximate surface area is 211 Å². The van der Waals surface area contributed by atoms with E-state index in [1.807, 2.05) is 45.3 Å². The van der Waals surface area contributed by atoms with E-state index >= 15 is 0 Å². The number of piperidine rings is 1. The zero-order valence-electron chi connectivity index (χ0n) is 20.4. The number of pyridine rings is 2. The molecule has 35 heavy (non-hydrogen) atoms. The lowest BCUT2D eigenvalue weighted by Crippen LogP contribution is -2.68. The van der Waals surface area contributed by atoms with Gasteiger partial charge in [0.05, 0.1) is 0 Å². The van der Waals surface area contributed by atoms with Gasteiger partial charge in [0, 0.05) is 79.4 Å². The van der Waals surface area contributed by atoms with Gasteiger partial charge >= 0.3 is 0 Å². The third kappa shape index (κ3) is 5.55. The van der Waals surface area contributed by atoms with E-state index < -0.39 is 0 Å². The van der Waals surface area contributed by atoms with Crippen molar-refractivity contribution in [1.29, 1.82) is 0 Å². The highest BCUT2D eigenvalue weighted by Crippen LogP contribution is 2.35. The predicted octanol–water partition coefficient (Wildman–Crippen LogP) is 4.45. The Morgan fingerprint density at radius 1 is 1.17 bits per heavy atom. The summed E-state index contributed by atoms with van der Waals surface area (Å²) < 4.78 is 0. The molecule has 3 aromatic heterocycles. The zero-order valence-corrected chi connectivity index (χ0v) is 21.1. The summed E-state index contributed by atoms with van der Waals surface area (Å²) >= 11 is 5.92. The average molecular weight is 491 g/mol. The van der Waals surface area contributed by atoms with Crippen molar-refractivity contribution >= 4 is 28.9 Å². The Balaban J connectivity index is 1.15. The van der Waals surface area contributed by atoms with Crippen LogP contribution in [0.4, 0.5) is 11.6 Å². The first-order chi connectivity index (χ1) is 16.9. The van der Waals surface area contributed by atoms with Crippen LogP contribution in [0.25, 0.3) is 0 Å². The van der Waals surface area contributed by atoms with Crippen molar-refractivity contribution in [2.45, 2.75) is 45.8 Å². The van der Waals surface area contributed by atoms with Crippen LogP contribution in [0.3, 0.4) is 0 Å². The molecule has 8 nitrogen and oxygen atoms in total. The van der Waals surface area contributed by atoms with Crippen LogP contribution in [0.1, 0.15) is 37.1 Å². The summed E-state index contributed by atoms with van der Waals surface area (Å²) in [6, 6.07) is 11.3. The molecule has 2 atom stereocenters. The highest BCUT2D eigenvalue weighted by Gasteiger charge is 2.44. The number of hydrogen-bond acceptors (Lipinski definition) is 7. The number of nitrogens with zero attached hydrogens (tertiary/aromatic N) is 6. The van der Waals surface area contributed by atoms with E-state index in [0.29, 0.717) is 23.8 Å². The summed E-state index contributed by atoms with van der Waals surface area (Å²) in [7, 11) is 0. The highest BCUT2D eigenvalue weighted by atomic mass is 35.5. The van der Waals surface area contributed by atoms with Gasteiger partial charge in [-0.1, -0.05) is 17.7 Å². The number of aryl methyl sites for hydroxylation is 1. The van der Waals surface area contributed by atoms with Gasteiger partial charge in [-0.2, -0.15) is 5.10 Å². The Morgan fingerprint density at radius 2 is 2.00 bits per heavy atom. The number of aromatic amines is 1. The number of aliphatic imine (C=N–C) groups is 1. The summed E-state index contributed by atoms with van der Waals surface area (Å²) in [6.07, 6.45) is 7.12. The minimum Gasteiger partial charge on any atom is -0.365 e. The van der Waals surface area contributed by atoms with Gasteiger partial charge in [0.2, 0.25) is 0 Å². The molecule has 3 aromatic rings. The lowest BCUT2D eigenvalue weighted by Gasteiger charge is -2.56. The topological polar surface area (TPSA) is 85.3 Å². The van der Waals surface area contributed by atoms with Crippen LogP contribution >= 0.6 is 11.6 Å². The van der Waals surface area contributed by atoms with Crippen LogP contribution in [-0.2, 0) is 6.54 Å². The molecule has 2 N–H and O–H groups in total. The number of nitrogens with one attached hydrogen (secondary N) is 2. The Morgan fingerprint density at radius 3 is 2.66 bits per heavy atom. The largest absolute Gasteiger partial charge is 0.365 e. The molecule has 182 valence electrons. The second-order valence-electron chi connectivity index (χ2n) is 9.37. The minimum atomic E-state index is 0.543. The normalized spacial score (nSPS) is 20.6. The highest BCUT2D eigenvalue weighted by molar-refractivity contribution is 6.29. The van der Waals surface area contributed by atoms with Gasteiger partial charge < -0.3 is 10.2 Å². The van der Waals surface area contributed by atoms with E-state index in [2.05, 4.69) is 54.6 Å². The number of allylic oxidation sites excluding steroid dienone is 1. The molecule has 6 rings (SSSR count). The number of anilines is 2. The van der Waals surface area contributed by atoms with Gasteiger partial charge in [0.1, 0.15) is 16.8 Å². The van der Waals surface area contributed by atoms with Crippen molar-refractivity contribution in [3.63, 3.8) is 0 Å². The predicted molar refractivity (Wildman–Crippen MR) is 141 cm³/mol. The molecule has 3 aliphatic rings. The lowest BCUT2D eigenvalue weighted by molar-refractivity contribution is -0.00875. The Hall–Kier alpha value is -3.23. The summed E-state index contributed by atoms with van der Waals surface area (Å²) in [4.78, 5) is 18.7. The first-order valence-electron chi connectivity index (χ1n) is 12.0. The quantitative estimate of drug-likeness (QED) is 0.358. The maximum Gasteiger partial charge on any atom is 0.148 e. The maximum atomic E-state index is 5.92.